The molecule has 1 aliphatic heterocycles. The van der Waals surface area contributed by atoms with Gasteiger partial charge in [0.1, 0.15) is 17.1 Å². The van der Waals surface area contributed by atoms with Gasteiger partial charge in [0.25, 0.3) is 0 Å². The average Bonchev–Trinajstić information content (AvgIpc) is 3.24. The second-order valence-electron chi connectivity index (χ2n) is 8.47. The number of aromatic nitrogens is 1. The maximum atomic E-state index is 12.6. The molecule has 2 aromatic heterocycles. The fourth-order valence-electron chi connectivity index (χ4n) is 3.79. The standard InChI is InChI=1S/C23H29N3O4/c1-6-25-13(2)19-18(14-9-7-8-10-15(14)20(27)28-19)16-11-12-17(26-16)21-29-22(3,4)23(5,24)30-21/h7-13,21,25-26H,6,24H2,1-5H3. The van der Waals surface area contributed by atoms with E-state index in [1.165, 1.54) is 0 Å². The molecule has 0 bridgehead atoms. The summed E-state index contributed by atoms with van der Waals surface area (Å²) in [6, 6.07) is 11.2. The molecule has 0 saturated carbocycles. The number of hydrogen-bond acceptors (Lipinski definition) is 6. The average molecular weight is 412 g/mol. The van der Waals surface area contributed by atoms with Crippen molar-refractivity contribution in [1.29, 1.82) is 0 Å². The van der Waals surface area contributed by atoms with E-state index < -0.39 is 17.6 Å². The number of fused-ring (bicyclic) bond motifs is 1. The first-order valence-electron chi connectivity index (χ1n) is 10.3. The number of benzene rings is 1. The Bertz CT molecular complexity index is 1110. The van der Waals surface area contributed by atoms with Gasteiger partial charge in [-0.25, -0.2) is 4.79 Å². The van der Waals surface area contributed by atoms with E-state index in [1.807, 2.05) is 65.0 Å². The monoisotopic (exact) mass is 411 g/mol. The zero-order valence-corrected chi connectivity index (χ0v) is 18.0. The van der Waals surface area contributed by atoms with Gasteiger partial charge in [-0.2, -0.15) is 0 Å². The topological polar surface area (TPSA) is 103 Å². The summed E-state index contributed by atoms with van der Waals surface area (Å²) in [7, 11) is 0. The number of ether oxygens (including phenoxy) is 2. The van der Waals surface area contributed by atoms with Gasteiger partial charge in [-0.1, -0.05) is 25.1 Å². The van der Waals surface area contributed by atoms with Crippen LogP contribution >= 0.6 is 0 Å². The van der Waals surface area contributed by atoms with Crippen LogP contribution in [-0.4, -0.2) is 22.9 Å². The molecular weight excluding hydrogens is 382 g/mol. The zero-order chi connectivity index (χ0) is 21.7. The molecule has 0 aliphatic carbocycles. The molecule has 160 valence electrons. The van der Waals surface area contributed by atoms with Crippen molar-refractivity contribution in [3.8, 4) is 11.3 Å². The summed E-state index contributed by atoms with van der Waals surface area (Å²) in [4.78, 5) is 16.0. The predicted octanol–water partition coefficient (Wildman–Crippen LogP) is 3.96. The Hall–Kier alpha value is -2.45. The molecule has 4 rings (SSSR count). The van der Waals surface area contributed by atoms with Gasteiger partial charge in [0.15, 0.2) is 0 Å². The molecule has 7 nitrogen and oxygen atoms in total. The number of nitrogens with two attached hydrogens (primary N) is 1. The molecule has 1 aromatic carbocycles. The van der Waals surface area contributed by atoms with E-state index in [4.69, 9.17) is 19.6 Å². The van der Waals surface area contributed by atoms with Crippen LogP contribution in [0.4, 0.5) is 0 Å². The largest absolute Gasteiger partial charge is 0.425 e. The van der Waals surface area contributed by atoms with Gasteiger partial charge in [-0.15, -0.1) is 0 Å². The van der Waals surface area contributed by atoms with Gasteiger partial charge in [-0.3, -0.25) is 0 Å². The molecular formula is C23H29N3O4. The summed E-state index contributed by atoms with van der Waals surface area (Å²) < 4.78 is 17.8. The Morgan fingerprint density at radius 1 is 1.13 bits per heavy atom. The molecule has 0 spiro atoms. The van der Waals surface area contributed by atoms with Crippen molar-refractivity contribution in [2.24, 2.45) is 5.73 Å². The summed E-state index contributed by atoms with van der Waals surface area (Å²) in [5.74, 6) is 0.589. The van der Waals surface area contributed by atoms with Gasteiger partial charge in [-0.05, 0) is 52.4 Å². The van der Waals surface area contributed by atoms with Crippen LogP contribution in [0.5, 0.6) is 0 Å². The lowest BCUT2D eigenvalue weighted by Gasteiger charge is -2.29. The number of rotatable bonds is 5. The normalized spacial score (nSPS) is 24.4. The molecule has 1 aliphatic rings. The molecule has 4 N–H and O–H groups in total. The minimum Gasteiger partial charge on any atom is -0.425 e. The van der Waals surface area contributed by atoms with Crippen LogP contribution in [0.2, 0.25) is 0 Å². The van der Waals surface area contributed by atoms with Crippen LogP contribution in [0.1, 0.15) is 58.4 Å². The Kier molecular flexibility index (Phi) is 5.10. The van der Waals surface area contributed by atoms with Gasteiger partial charge in [0.05, 0.1) is 17.1 Å². The van der Waals surface area contributed by atoms with Gasteiger partial charge >= 0.3 is 5.63 Å². The molecule has 3 atom stereocenters. The highest BCUT2D eigenvalue weighted by Gasteiger charge is 2.50. The van der Waals surface area contributed by atoms with Gasteiger partial charge < -0.3 is 29.9 Å². The van der Waals surface area contributed by atoms with Crippen LogP contribution in [0.25, 0.3) is 22.0 Å². The van der Waals surface area contributed by atoms with Crippen LogP contribution in [0, 0.1) is 0 Å². The number of aromatic amines is 1. The highest BCUT2D eigenvalue weighted by molar-refractivity contribution is 5.96. The maximum Gasteiger partial charge on any atom is 0.343 e. The summed E-state index contributed by atoms with van der Waals surface area (Å²) in [5, 5.41) is 4.71. The van der Waals surface area contributed by atoms with Crippen molar-refractivity contribution in [3.63, 3.8) is 0 Å². The predicted molar refractivity (Wildman–Crippen MR) is 116 cm³/mol. The van der Waals surface area contributed by atoms with E-state index in [0.717, 1.165) is 28.9 Å². The molecule has 3 heterocycles. The molecule has 1 saturated heterocycles. The first-order valence-corrected chi connectivity index (χ1v) is 10.3. The summed E-state index contributed by atoms with van der Waals surface area (Å²) in [6.45, 7) is 10.4. The molecule has 0 amide bonds. The number of hydrogen-bond donors (Lipinski definition) is 3. The van der Waals surface area contributed by atoms with Crippen molar-refractivity contribution < 1.29 is 13.9 Å². The second kappa shape index (κ2) is 7.35. The summed E-state index contributed by atoms with van der Waals surface area (Å²) in [6.07, 6.45) is -0.611. The minimum absolute atomic E-state index is 0.140. The lowest BCUT2D eigenvalue weighted by Crippen LogP contribution is -2.52. The van der Waals surface area contributed by atoms with Crippen molar-refractivity contribution in [1.82, 2.24) is 10.3 Å². The Labute approximate surface area is 175 Å². The van der Waals surface area contributed by atoms with E-state index in [2.05, 4.69) is 10.3 Å². The lowest BCUT2D eigenvalue weighted by molar-refractivity contribution is -0.0934. The smallest absolute Gasteiger partial charge is 0.343 e. The molecule has 30 heavy (non-hydrogen) atoms. The van der Waals surface area contributed by atoms with Crippen LogP contribution < -0.4 is 16.7 Å². The van der Waals surface area contributed by atoms with Crippen LogP contribution in [-0.2, 0) is 9.47 Å². The quantitative estimate of drug-likeness (QED) is 0.587. The molecule has 3 aromatic rings. The highest BCUT2D eigenvalue weighted by Crippen LogP contribution is 2.43. The molecule has 0 radical (unpaired) electrons. The van der Waals surface area contributed by atoms with Crippen LogP contribution in [0.3, 0.4) is 0 Å². The molecule has 3 unspecified atom stereocenters. The van der Waals surface area contributed by atoms with E-state index in [0.29, 0.717) is 11.1 Å². The highest BCUT2D eigenvalue weighted by atomic mass is 16.8. The molecule has 7 heteroatoms. The van der Waals surface area contributed by atoms with E-state index in [-0.39, 0.29) is 11.7 Å². The van der Waals surface area contributed by atoms with Crippen LogP contribution in [0.15, 0.2) is 45.6 Å². The Morgan fingerprint density at radius 3 is 2.47 bits per heavy atom. The fourth-order valence-corrected chi connectivity index (χ4v) is 3.79. The first-order chi connectivity index (χ1) is 14.1. The van der Waals surface area contributed by atoms with Crippen molar-refractivity contribution in [2.75, 3.05) is 6.54 Å². The van der Waals surface area contributed by atoms with Crippen molar-refractivity contribution >= 4 is 10.8 Å². The van der Waals surface area contributed by atoms with E-state index >= 15 is 0 Å². The first kappa shape index (κ1) is 20.8. The summed E-state index contributed by atoms with van der Waals surface area (Å²) in [5.41, 5.74) is 6.79. The van der Waals surface area contributed by atoms with Gasteiger partial charge in [0, 0.05) is 16.6 Å². The molecule has 1 fully saturated rings. The van der Waals surface area contributed by atoms with Crippen molar-refractivity contribution in [3.05, 3.63) is 58.3 Å². The fraction of sp³-hybridized carbons (Fsp3) is 0.435. The Balaban J connectivity index is 1.83. The Morgan fingerprint density at radius 2 is 1.83 bits per heavy atom. The third-order valence-corrected chi connectivity index (χ3v) is 5.95. The van der Waals surface area contributed by atoms with E-state index in [1.54, 1.807) is 6.07 Å². The SMILES string of the molecule is CCNC(C)c1oc(=O)c2ccccc2c1-c1ccc(C2OC(C)(C)C(C)(N)O2)[nH]1. The van der Waals surface area contributed by atoms with E-state index in [9.17, 15) is 4.79 Å². The van der Waals surface area contributed by atoms with Gasteiger partial charge in [0.2, 0.25) is 6.29 Å². The third kappa shape index (κ3) is 3.37. The minimum atomic E-state index is -0.917. The third-order valence-electron chi connectivity index (χ3n) is 5.95. The second-order valence-corrected chi connectivity index (χ2v) is 8.47. The summed E-state index contributed by atoms with van der Waals surface area (Å²) >= 11 is 0. The van der Waals surface area contributed by atoms with Crippen molar-refractivity contribution in [2.45, 2.75) is 58.3 Å². The maximum absolute atomic E-state index is 12.6. The number of H-pyrrole nitrogens is 1. The number of nitrogens with one attached hydrogen (secondary N) is 2. The lowest BCUT2D eigenvalue weighted by atomic mass is 9.98. The zero-order valence-electron chi connectivity index (χ0n) is 18.0.